The van der Waals surface area contributed by atoms with Gasteiger partial charge < -0.3 is 5.11 Å². The highest BCUT2D eigenvalue weighted by molar-refractivity contribution is 9.10. The van der Waals surface area contributed by atoms with Crippen molar-refractivity contribution in [2.75, 3.05) is 0 Å². The second kappa shape index (κ2) is 6.70. The molecule has 130 valence electrons. The molecule has 0 atom stereocenters. The number of aliphatic imine (C=N–C) groups is 1. The Bertz CT molecular complexity index is 1130. The maximum absolute atomic E-state index is 12.4. The van der Waals surface area contributed by atoms with Gasteiger partial charge in [-0.2, -0.15) is 0 Å². The zero-order valence-electron chi connectivity index (χ0n) is 13.9. The lowest BCUT2D eigenvalue weighted by Crippen LogP contribution is -2.13. The molecule has 0 fully saturated rings. The van der Waals surface area contributed by atoms with Crippen LogP contribution in [0.25, 0.3) is 11.6 Å². The molecule has 0 aliphatic carbocycles. The fourth-order valence-electron chi connectivity index (χ4n) is 2.92. The lowest BCUT2D eigenvalue weighted by atomic mass is 10.1. The summed E-state index contributed by atoms with van der Waals surface area (Å²) in [6.07, 6.45) is 3.57. The molecule has 1 aromatic heterocycles. The minimum absolute atomic E-state index is 0.00685. The minimum atomic E-state index is -0.179. The highest BCUT2D eigenvalue weighted by Gasteiger charge is 2.17. The van der Waals surface area contributed by atoms with Crippen molar-refractivity contribution in [3.63, 3.8) is 0 Å². The highest BCUT2D eigenvalue weighted by Crippen LogP contribution is 2.36. The number of nitrogens with zero attached hydrogens (tertiary/aromatic N) is 2. The number of hydrogen-bond donors (Lipinski definition) is 1. The third-order valence-corrected chi connectivity index (χ3v) is 5.79. The van der Waals surface area contributed by atoms with Crippen molar-refractivity contribution in [1.29, 1.82) is 0 Å². The Hall–Kier alpha value is -2.44. The van der Waals surface area contributed by atoms with Crippen LogP contribution in [0.15, 0.2) is 56.7 Å². The molecule has 0 unspecified atom stereocenters. The van der Waals surface area contributed by atoms with Crippen molar-refractivity contribution in [2.45, 2.75) is 13.5 Å². The van der Waals surface area contributed by atoms with Gasteiger partial charge in [0.15, 0.2) is 0 Å². The molecule has 1 aliphatic heterocycles. The van der Waals surface area contributed by atoms with Crippen LogP contribution in [0.4, 0.5) is 5.69 Å². The third kappa shape index (κ3) is 3.06. The van der Waals surface area contributed by atoms with E-state index >= 15 is 0 Å². The molecule has 0 spiro atoms. The summed E-state index contributed by atoms with van der Waals surface area (Å²) < 4.78 is 2.37. The highest BCUT2D eigenvalue weighted by atomic mass is 79.9. The number of allylic oxidation sites excluding steroid dienone is 1. The summed E-state index contributed by atoms with van der Waals surface area (Å²) in [5.74, 6) is -0.00685. The summed E-state index contributed by atoms with van der Waals surface area (Å²) in [5, 5.41) is 10.6. The standard InChI is InChI=1S/C20H15BrN2O2S/c1-12-4-2-3-5-13(12)11-23-19(24)18(26-20(23)25)8-14-10-22-17-7-6-15(21)9-16(14)17/h2-10,24H,11H2,1H3/b14-8-. The Labute approximate surface area is 162 Å². The van der Waals surface area contributed by atoms with E-state index in [2.05, 4.69) is 20.9 Å². The van der Waals surface area contributed by atoms with E-state index in [0.717, 1.165) is 43.8 Å². The van der Waals surface area contributed by atoms with E-state index in [1.54, 1.807) is 6.21 Å². The Morgan fingerprint density at radius 3 is 2.88 bits per heavy atom. The lowest BCUT2D eigenvalue weighted by molar-refractivity contribution is 0.420. The first-order valence-corrected chi connectivity index (χ1v) is 9.66. The van der Waals surface area contributed by atoms with Gasteiger partial charge in [-0.25, -0.2) is 0 Å². The van der Waals surface area contributed by atoms with Crippen LogP contribution >= 0.6 is 27.3 Å². The zero-order valence-corrected chi connectivity index (χ0v) is 16.3. The Kier molecular flexibility index (Phi) is 4.38. The van der Waals surface area contributed by atoms with Crippen LogP contribution in [-0.2, 0) is 6.54 Å². The lowest BCUT2D eigenvalue weighted by Gasteiger charge is -2.07. The van der Waals surface area contributed by atoms with Gasteiger partial charge in [-0.15, -0.1) is 0 Å². The molecule has 0 bridgehead atoms. The second-order valence-corrected chi connectivity index (χ2v) is 8.00. The van der Waals surface area contributed by atoms with Gasteiger partial charge in [0.25, 0.3) is 0 Å². The fraction of sp³-hybridized carbons (Fsp3) is 0.100. The molecule has 2 aromatic carbocycles. The smallest absolute Gasteiger partial charge is 0.310 e. The molecule has 1 aliphatic rings. The topological polar surface area (TPSA) is 54.6 Å². The number of aryl methyl sites for hydroxylation is 1. The summed E-state index contributed by atoms with van der Waals surface area (Å²) in [7, 11) is 0. The van der Waals surface area contributed by atoms with Crippen molar-refractivity contribution >= 4 is 50.8 Å². The number of halogens is 1. The van der Waals surface area contributed by atoms with Gasteiger partial charge in [0.2, 0.25) is 5.88 Å². The minimum Gasteiger partial charge on any atom is -0.493 e. The number of aromatic hydroxyl groups is 1. The largest absolute Gasteiger partial charge is 0.493 e. The molecule has 0 saturated carbocycles. The van der Waals surface area contributed by atoms with Crippen molar-refractivity contribution in [2.24, 2.45) is 4.99 Å². The van der Waals surface area contributed by atoms with Gasteiger partial charge in [-0.1, -0.05) is 51.5 Å². The summed E-state index contributed by atoms with van der Waals surface area (Å²) in [5.41, 5.74) is 4.84. The normalized spacial score (nSPS) is 14.2. The first kappa shape index (κ1) is 17.0. The van der Waals surface area contributed by atoms with E-state index in [1.165, 1.54) is 4.57 Å². The predicted octanol–water partition coefficient (Wildman–Crippen LogP) is 4.99. The van der Waals surface area contributed by atoms with Gasteiger partial charge >= 0.3 is 4.87 Å². The number of fused-ring (bicyclic) bond motifs is 1. The monoisotopic (exact) mass is 426 g/mol. The Morgan fingerprint density at radius 2 is 2.08 bits per heavy atom. The maximum Gasteiger partial charge on any atom is 0.310 e. The van der Waals surface area contributed by atoms with Gasteiger partial charge in [-0.3, -0.25) is 14.4 Å². The van der Waals surface area contributed by atoms with Crippen molar-refractivity contribution < 1.29 is 5.11 Å². The molecular weight excluding hydrogens is 412 g/mol. The van der Waals surface area contributed by atoms with E-state index in [4.69, 9.17) is 0 Å². The van der Waals surface area contributed by atoms with Gasteiger partial charge in [0, 0.05) is 21.8 Å². The fourth-order valence-corrected chi connectivity index (χ4v) is 4.12. The predicted molar refractivity (Wildman–Crippen MR) is 111 cm³/mol. The van der Waals surface area contributed by atoms with Gasteiger partial charge in [-0.05, 0) is 42.3 Å². The third-order valence-electron chi connectivity index (χ3n) is 4.38. The quantitative estimate of drug-likeness (QED) is 0.640. The Balaban J connectivity index is 1.73. The number of thiazole rings is 1. The first-order chi connectivity index (χ1) is 12.5. The molecule has 4 nitrogen and oxygen atoms in total. The Morgan fingerprint density at radius 1 is 1.27 bits per heavy atom. The molecule has 1 N–H and O–H groups in total. The summed E-state index contributed by atoms with van der Waals surface area (Å²) in [6.45, 7) is 2.35. The molecule has 0 saturated heterocycles. The second-order valence-electron chi connectivity index (χ2n) is 6.09. The molecular formula is C20H15BrN2O2S. The van der Waals surface area contributed by atoms with E-state index in [9.17, 15) is 9.90 Å². The molecule has 0 radical (unpaired) electrons. The van der Waals surface area contributed by atoms with E-state index in [1.807, 2.05) is 55.5 Å². The van der Waals surface area contributed by atoms with Crippen LogP contribution in [0.3, 0.4) is 0 Å². The molecule has 3 aromatic rings. The van der Waals surface area contributed by atoms with Crippen LogP contribution in [0, 0.1) is 6.92 Å². The average Bonchev–Trinajstić information content (AvgIpc) is 3.13. The average molecular weight is 427 g/mol. The maximum atomic E-state index is 12.4. The van der Waals surface area contributed by atoms with Crippen LogP contribution < -0.4 is 4.87 Å². The number of hydrogen-bond acceptors (Lipinski definition) is 4. The van der Waals surface area contributed by atoms with Crippen molar-refractivity contribution in [1.82, 2.24) is 4.57 Å². The van der Waals surface area contributed by atoms with Crippen LogP contribution in [0.2, 0.25) is 0 Å². The van der Waals surface area contributed by atoms with Crippen LogP contribution in [0.1, 0.15) is 21.6 Å². The van der Waals surface area contributed by atoms with Gasteiger partial charge in [0.05, 0.1) is 17.1 Å². The van der Waals surface area contributed by atoms with Crippen molar-refractivity contribution in [3.05, 3.63) is 78.2 Å². The summed E-state index contributed by atoms with van der Waals surface area (Å²) in [6, 6.07) is 13.7. The van der Waals surface area contributed by atoms with Crippen LogP contribution in [-0.4, -0.2) is 15.9 Å². The first-order valence-electron chi connectivity index (χ1n) is 8.06. The molecule has 26 heavy (non-hydrogen) atoms. The van der Waals surface area contributed by atoms with Crippen LogP contribution in [0.5, 0.6) is 5.88 Å². The number of rotatable bonds is 3. The number of benzene rings is 2. The summed E-state index contributed by atoms with van der Waals surface area (Å²) >= 11 is 4.51. The van der Waals surface area contributed by atoms with E-state index in [0.29, 0.717) is 11.4 Å². The number of aromatic nitrogens is 1. The SMILES string of the molecule is Cc1ccccc1Cn1c(O)c(/C=C2/C=Nc3ccc(Br)cc32)sc1=O. The molecule has 4 rings (SSSR count). The van der Waals surface area contributed by atoms with E-state index < -0.39 is 0 Å². The van der Waals surface area contributed by atoms with Crippen molar-refractivity contribution in [3.8, 4) is 5.88 Å². The molecule has 2 heterocycles. The van der Waals surface area contributed by atoms with E-state index in [-0.39, 0.29) is 10.8 Å². The summed E-state index contributed by atoms with van der Waals surface area (Å²) in [4.78, 5) is 17.1. The molecule has 6 heteroatoms. The molecule has 0 amide bonds. The van der Waals surface area contributed by atoms with Gasteiger partial charge in [0.1, 0.15) is 0 Å². The zero-order chi connectivity index (χ0) is 18.3.